The van der Waals surface area contributed by atoms with Crippen molar-refractivity contribution in [1.82, 2.24) is 44.6 Å². The predicted molar refractivity (Wildman–Crippen MR) is 215 cm³/mol. The third-order valence-electron chi connectivity index (χ3n) is 12.1. The van der Waals surface area contributed by atoms with E-state index in [4.69, 9.17) is 24.0 Å². The van der Waals surface area contributed by atoms with Gasteiger partial charge in [-0.1, -0.05) is 69.3 Å². The highest BCUT2D eigenvalue weighted by atomic mass is 19.1. The van der Waals surface area contributed by atoms with Gasteiger partial charge in [-0.05, 0) is 37.0 Å². The van der Waals surface area contributed by atoms with Gasteiger partial charge in [0.2, 0.25) is 5.79 Å². The Hall–Kier alpha value is -5.33. The van der Waals surface area contributed by atoms with Crippen LogP contribution in [0.15, 0.2) is 90.2 Å². The van der Waals surface area contributed by atoms with Gasteiger partial charge in [0.25, 0.3) is 0 Å². The number of H-pyrrole nitrogens is 1. The van der Waals surface area contributed by atoms with Gasteiger partial charge in [0.05, 0.1) is 32.4 Å². The maximum absolute atomic E-state index is 15.9. The summed E-state index contributed by atoms with van der Waals surface area (Å²) >= 11 is 0. The second kappa shape index (κ2) is 16.6. The van der Waals surface area contributed by atoms with E-state index in [-0.39, 0.29) is 30.7 Å². The number of piperazine rings is 1. The van der Waals surface area contributed by atoms with Gasteiger partial charge in [-0.25, -0.2) is 23.2 Å². The Labute approximate surface area is 346 Å². The Kier molecular flexibility index (Phi) is 11.5. The van der Waals surface area contributed by atoms with Crippen LogP contribution in [-0.2, 0) is 37.1 Å². The zero-order valence-electron chi connectivity index (χ0n) is 34.4. The van der Waals surface area contributed by atoms with Crippen LogP contribution in [0.1, 0.15) is 51.3 Å². The van der Waals surface area contributed by atoms with Gasteiger partial charge in [0.1, 0.15) is 42.7 Å². The fourth-order valence-electron chi connectivity index (χ4n) is 8.85. The molecule has 3 aliphatic rings. The van der Waals surface area contributed by atoms with Gasteiger partial charge in [-0.15, -0.1) is 5.10 Å². The number of esters is 1. The monoisotopic (exact) mass is 827 g/mol. The van der Waals surface area contributed by atoms with Gasteiger partial charge in [0, 0.05) is 54.9 Å². The van der Waals surface area contributed by atoms with Crippen LogP contribution in [0.2, 0.25) is 0 Å². The Morgan fingerprint density at radius 1 is 1.07 bits per heavy atom. The number of nitrogens with zero attached hydrogens (tertiary/aromatic N) is 7. The topological polar surface area (TPSA) is 154 Å². The van der Waals surface area contributed by atoms with Crippen molar-refractivity contribution in [2.45, 2.75) is 70.5 Å². The summed E-state index contributed by atoms with van der Waals surface area (Å²) in [6.45, 7) is 9.18. The molecule has 0 amide bonds. The number of carbonyl (C=O) groups excluding carboxylic acids is 1. The molecule has 0 radical (unpaired) electrons. The summed E-state index contributed by atoms with van der Waals surface area (Å²) in [6.07, 6.45) is 1.93. The number of halogens is 2. The van der Waals surface area contributed by atoms with Gasteiger partial charge in [0.15, 0.2) is 11.6 Å². The highest BCUT2D eigenvalue weighted by molar-refractivity contribution is 5.72. The van der Waals surface area contributed by atoms with E-state index in [1.807, 2.05) is 87.2 Å². The molecule has 0 bridgehead atoms. The normalized spacial score (nSPS) is 25.7. The van der Waals surface area contributed by atoms with Crippen LogP contribution in [0.25, 0.3) is 11.4 Å². The van der Waals surface area contributed by atoms with Gasteiger partial charge in [-0.2, -0.15) is 9.78 Å². The van der Waals surface area contributed by atoms with Gasteiger partial charge in [-0.3, -0.25) is 19.6 Å². The first kappa shape index (κ1) is 41.4. The summed E-state index contributed by atoms with van der Waals surface area (Å²) in [5.41, 5.74) is 0.653. The number of ether oxygens (including phenoxy) is 4. The fourth-order valence-corrected chi connectivity index (χ4v) is 8.85. The Morgan fingerprint density at radius 2 is 1.85 bits per heavy atom. The number of likely N-dealkylation sites (tertiary alicyclic amines) is 1. The zero-order chi connectivity index (χ0) is 42.2. The largest absolute Gasteiger partial charge is 0.496 e. The quantitative estimate of drug-likeness (QED) is 0.169. The molecule has 3 fully saturated rings. The average Bonchev–Trinajstić information content (AvgIpc) is 4.05. The molecule has 0 saturated carbocycles. The fraction of sp³-hybridized carbons (Fsp3) is 0.465. The summed E-state index contributed by atoms with van der Waals surface area (Å²) in [5.74, 6) is -5.10. The molecule has 8 rings (SSSR count). The van der Waals surface area contributed by atoms with Crippen LogP contribution in [0, 0.1) is 23.0 Å². The van der Waals surface area contributed by atoms with Crippen LogP contribution in [0.3, 0.4) is 0 Å². The van der Waals surface area contributed by atoms with E-state index in [1.54, 1.807) is 7.11 Å². The maximum atomic E-state index is 15.9. The maximum Gasteiger partial charge on any atom is 0.346 e. The van der Waals surface area contributed by atoms with Crippen molar-refractivity contribution in [3.63, 3.8) is 0 Å². The highest BCUT2D eigenvalue weighted by Crippen LogP contribution is 2.52. The first-order valence-electron chi connectivity index (χ1n) is 20.2. The number of hydrogen-bond acceptors (Lipinski definition) is 12. The summed E-state index contributed by atoms with van der Waals surface area (Å²) in [5, 5.41) is 12.9. The van der Waals surface area contributed by atoms with Crippen molar-refractivity contribution in [2.24, 2.45) is 11.3 Å². The Bertz CT molecular complexity index is 2340. The van der Waals surface area contributed by atoms with Crippen molar-refractivity contribution in [3.05, 3.63) is 119 Å². The summed E-state index contributed by atoms with van der Waals surface area (Å²) in [6, 6.07) is 19.9. The number of rotatable bonds is 12. The second-order valence-electron chi connectivity index (χ2n) is 16.7. The minimum atomic E-state index is -1.78. The first-order valence-corrected chi connectivity index (χ1v) is 20.2. The molecule has 5 heterocycles. The number of nitrogens with one attached hydrogen (secondary N) is 2. The Balaban J connectivity index is 1.33. The molecular weight excluding hydrogens is 777 g/mol. The molecule has 3 aliphatic heterocycles. The molecule has 15 nitrogen and oxygen atoms in total. The molecule has 318 valence electrons. The molecule has 6 unspecified atom stereocenters. The number of aromatic nitrogens is 6. The first-order chi connectivity index (χ1) is 28.8. The lowest BCUT2D eigenvalue weighted by Crippen LogP contribution is -2.70. The molecule has 60 heavy (non-hydrogen) atoms. The number of carbonyl (C=O) groups is 1. The number of methoxy groups -OCH3 is 1. The average molecular weight is 828 g/mol. The van der Waals surface area contributed by atoms with Crippen molar-refractivity contribution < 1.29 is 32.5 Å². The van der Waals surface area contributed by atoms with Crippen molar-refractivity contribution in [2.75, 3.05) is 46.4 Å². The van der Waals surface area contributed by atoms with Crippen LogP contribution < -0.4 is 15.7 Å². The Morgan fingerprint density at radius 3 is 2.58 bits per heavy atom. The van der Waals surface area contributed by atoms with Crippen LogP contribution in [0.5, 0.6) is 5.75 Å². The van der Waals surface area contributed by atoms with E-state index >= 15 is 4.39 Å². The number of para-hydroxylation sites is 1. The molecule has 0 aliphatic carbocycles. The third kappa shape index (κ3) is 7.64. The summed E-state index contributed by atoms with van der Waals surface area (Å²) < 4.78 is 58.8. The molecule has 2 aromatic heterocycles. The number of benzene rings is 3. The molecule has 6 atom stereocenters. The number of aromatic amines is 1. The predicted octanol–water partition coefficient (Wildman–Crippen LogP) is 4.64. The van der Waals surface area contributed by atoms with Crippen LogP contribution >= 0.6 is 0 Å². The molecule has 5 aromatic rings. The minimum absolute atomic E-state index is 0.0283. The van der Waals surface area contributed by atoms with E-state index in [2.05, 4.69) is 25.3 Å². The van der Waals surface area contributed by atoms with E-state index in [0.29, 0.717) is 49.7 Å². The van der Waals surface area contributed by atoms with Gasteiger partial charge >= 0.3 is 11.7 Å². The van der Waals surface area contributed by atoms with Crippen LogP contribution in [-0.4, -0.2) is 104 Å². The SMILES string of the molecule is COc1ccccc1C1CNCCN1C1(n2nc(-c3ccccc3)[nH]c2=O)C(C2COC(Cn3cncn3)(c3ccc(F)cc3F)O2)CCN1CC(=O)OC(C)C(C)(C)C. The summed E-state index contributed by atoms with van der Waals surface area (Å²) in [7, 11) is 1.61. The lowest BCUT2D eigenvalue weighted by Gasteiger charge is -2.54. The molecule has 3 saturated heterocycles. The van der Waals surface area contributed by atoms with Crippen LogP contribution in [0.4, 0.5) is 8.78 Å². The van der Waals surface area contributed by atoms with Gasteiger partial charge < -0.3 is 24.3 Å². The van der Waals surface area contributed by atoms with E-state index in [9.17, 15) is 14.0 Å². The lowest BCUT2D eigenvalue weighted by atomic mass is 9.89. The lowest BCUT2D eigenvalue weighted by molar-refractivity contribution is -0.222. The standard InChI is InChI=1S/C43H51F2N9O6/c1-28(41(2,3)4)59-38(55)23-51-19-17-33(37-24-58-42(60-37,25-52-27-47-26-48-52)32-16-15-30(44)21-34(32)45)43(51,54-40(56)49-39(50-54)29-11-7-6-8-12-29)53-20-18-46-22-35(53)31-13-9-10-14-36(31)57-5/h6-16,21,26-28,33,35,37,46H,17-20,22-25H2,1-5H3,(H,49,50,56). The van der Waals surface area contributed by atoms with E-state index in [1.165, 1.54) is 28.1 Å². The smallest absolute Gasteiger partial charge is 0.346 e. The molecule has 3 aromatic carbocycles. The number of hydrogen-bond donors (Lipinski definition) is 2. The molecule has 17 heteroatoms. The highest BCUT2D eigenvalue weighted by Gasteiger charge is 2.64. The second-order valence-corrected chi connectivity index (χ2v) is 16.7. The third-order valence-corrected chi connectivity index (χ3v) is 12.1. The van der Waals surface area contributed by atoms with Crippen molar-refractivity contribution in [1.29, 1.82) is 0 Å². The molecule has 2 N–H and O–H groups in total. The molecule has 0 spiro atoms. The molecular formula is C43H51F2N9O6. The minimum Gasteiger partial charge on any atom is -0.496 e. The van der Waals surface area contributed by atoms with E-state index < -0.39 is 59.0 Å². The summed E-state index contributed by atoms with van der Waals surface area (Å²) in [4.78, 5) is 40.3. The van der Waals surface area contributed by atoms with Crippen molar-refractivity contribution in [3.8, 4) is 17.1 Å². The van der Waals surface area contributed by atoms with Crippen molar-refractivity contribution >= 4 is 5.97 Å². The van der Waals surface area contributed by atoms with E-state index in [0.717, 1.165) is 17.7 Å². The zero-order valence-corrected chi connectivity index (χ0v) is 34.4.